The van der Waals surface area contributed by atoms with Gasteiger partial charge < -0.3 is 10.5 Å². The van der Waals surface area contributed by atoms with Gasteiger partial charge in [-0.15, -0.1) is 0 Å². The Morgan fingerprint density at radius 2 is 2.00 bits per heavy atom. The van der Waals surface area contributed by atoms with Crippen molar-refractivity contribution in [1.29, 1.82) is 0 Å². The molecule has 3 rings (SSSR count). The van der Waals surface area contributed by atoms with E-state index in [9.17, 15) is 14.0 Å². The number of nitrogens with two attached hydrogens (primary N) is 1. The van der Waals surface area contributed by atoms with Gasteiger partial charge in [0.25, 0.3) is 0 Å². The zero-order valence-corrected chi connectivity index (χ0v) is 17.2. The molecule has 0 aliphatic heterocycles. The van der Waals surface area contributed by atoms with Gasteiger partial charge in [-0.3, -0.25) is 4.79 Å². The Labute approximate surface area is 182 Å². The number of pyridine rings is 1. The summed E-state index contributed by atoms with van der Waals surface area (Å²) in [4.78, 5) is 28.8. The Kier molecular flexibility index (Phi) is 6.59. The number of carbonyl (C=O) groups is 2. The van der Waals surface area contributed by atoms with E-state index >= 15 is 0 Å². The van der Waals surface area contributed by atoms with Crippen molar-refractivity contribution in [3.8, 4) is 5.82 Å². The van der Waals surface area contributed by atoms with Gasteiger partial charge in [0.15, 0.2) is 11.6 Å². The summed E-state index contributed by atoms with van der Waals surface area (Å²) in [5.74, 6) is -1.45. The van der Waals surface area contributed by atoms with Crippen molar-refractivity contribution in [2.24, 2.45) is 5.73 Å². The summed E-state index contributed by atoms with van der Waals surface area (Å²) in [7, 11) is 0. The monoisotopic (exact) mass is 436 g/mol. The van der Waals surface area contributed by atoms with Crippen LogP contribution >= 0.6 is 11.6 Å². The smallest absolute Gasteiger partial charge is 0.341 e. The molecule has 0 bridgehead atoms. The standard InChI is InChI=1S/C21H20ClFN4O3.3H2/c1-3-16(24)14-6-7-15(22)18(19(14)23)20(28)12-5-8-17(25-9-12)27-11-13(10-26-27)21(29)30-4-2;;;/h5-11,16H,3-4,24H2,1-2H3;3*1H/t16-;;;/m1.../s1. The number of hydrogen-bond donors (Lipinski definition) is 1. The number of benzene rings is 1. The third-order valence-electron chi connectivity index (χ3n) is 4.53. The van der Waals surface area contributed by atoms with Gasteiger partial charge in [-0.1, -0.05) is 24.6 Å². The summed E-state index contributed by atoms with van der Waals surface area (Å²) < 4.78 is 21.2. The molecule has 0 saturated carbocycles. The van der Waals surface area contributed by atoms with Gasteiger partial charge in [0, 0.05) is 33.8 Å². The highest BCUT2D eigenvalue weighted by molar-refractivity contribution is 6.35. The zero-order chi connectivity index (χ0) is 21.8. The minimum atomic E-state index is -0.725. The minimum absolute atomic E-state index is 0. The van der Waals surface area contributed by atoms with Crippen molar-refractivity contribution in [1.82, 2.24) is 14.8 Å². The van der Waals surface area contributed by atoms with Crippen LogP contribution in [0.5, 0.6) is 0 Å². The van der Waals surface area contributed by atoms with E-state index in [-0.39, 0.29) is 38.2 Å². The Balaban J connectivity index is 0.00000341. The van der Waals surface area contributed by atoms with Gasteiger partial charge in [-0.25, -0.2) is 18.9 Å². The van der Waals surface area contributed by atoms with E-state index in [1.807, 2.05) is 6.92 Å². The molecule has 0 aliphatic rings. The van der Waals surface area contributed by atoms with Gasteiger partial charge >= 0.3 is 5.97 Å². The molecule has 2 aromatic heterocycles. The highest BCUT2D eigenvalue weighted by Gasteiger charge is 2.23. The molecule has 1 atom stereocenters. The molecule has 3 aromatic rings. The lowest BCUT2D eigenvalue weighted by Gasteiger charge is -2.14. The van der Waals surface area contributed by atoms with Crippen molar-refractivity contribution in [2.75, 3.05) is 6.61 Å². The molecule has 1 aromatic carbocycles. The fourth-order valence-electron chi connectivity index (χ4n) is 2.85. The quantitative estimate of drug-likeness (QED) is 0.428. The van der Waals surface area contributed by atoms with Crippen LogP contribution in [-0.2, 0) is 4.74 Å². The molecule has 0 amide bonds. The lowest BCUT2D eigenvalue weighted by molar-refractivity contribution is 0.0526. The molecule has 2 N–H and O–H groups in total. The van der Waals surface area contributed by atoms with E-state index in [0.717, 1.165) is 0 Å². The molecule has 30 heavy (non-hydrogen) atoms. The minimum Gasteiger partial charge on any atom is -0.462 e. The van der Waals surface area contributed by atoms with Crippen LogP contribution in [0.1, 0.15) is 62.4 Å². The van der Waals surface area contributed by atoms with Crippen molar-refractivity contribution in [3.05, 3.63) is 75.9 Å². The second kappa shape index (κ2) is 9.15. The Morgan fingerprint density at radius 1 is 1.23 bits per heavy atom. The van der Waals surface area contributed by atoms with Crippen molar-refractivity contribution < 1.29 is 23.0 Å². The van der Waals surface area contributed by atoms with Gasteiger partial charge in [0.1, 0.15) is 5.82 Å². The Morgan fingerprint density at radius 3 is 2.63 bits per heavy atom. The van der Waals surface area contributed by atoms with E-state index in [0.29, 0.717) is 12.2 Å². The number of hydrogen-bond acceptors (Lipinski definition) is 6. The van der Waals surface area contributed by atoms with Crippen LogP contribution in [0.25, 0.3) is 5.82 Å². The highest BCUT2D eigenvalue weighted by atomic mass is 35.5. The molecule has 0 saturated heterocycles. The summed E-state index contributed by atoms with van der Waals surface area (Å²) in [5.41, 5.74) is 6.35. The third kappa shape index (κ3) is 4.24. The second-order valence-electron chi connectivity index (χ2n) is 6.47. The molecular weight excluding hydrogens is 411 g/mol. The van der Waals surface area contributed by atoms with Crippen LogP contribution in [0.4, 0.5) is 4.39 Å². The summed E-state index contributed by atoms with van der Waals surface area (Å²) in [6.07, 6.45) is 4.63. The summed E-state index contributed by atoms with van der Waals surface area (Å²) in [5, 5.41) is 4.06. The maximum Gasteiger partial charge on any atom is 0.341 e. The molecule has 0 aliphatic carbocycles. The fraction of sp³-hybridized carbons (Fsp3) is 0.238. The van der Waals surface area contributed by atoms with E-state index in [1.165, 1.54) is 47.5 Å². The average Bonchev–Trinajstić information content (AvgIpc) is 3.24. The van der Waals surface area contributed by atoms with E-state index in [1.54, 1.807) is 6.92 Å². The van der Waals surface area contributed by atoms with Gasteiger partial charge in [-0.2, -0.15) is 5.10 Å². The molecule has 0 fully saturated rings. The molecular formula is C21H26ClFN4O3. The number of carbonyl (C=O) groups excluding carboxylic acids is 2. The molecule has 0 spiro atoms. The predicted molar refractivity (Wildman–Crippen MR) is 116 cm³/mol. The van der Waals surface area contributed by atoms with Crippen LogP contribution in [-0.4, -0.2) is 33.1 Å². The first-order valence-corrected chi connectivity index (χ1v) is 9.71. The SMILES string of the molecule is CCOC(=O)c1cnn(-c2ccc(C(=O)c3c(Cl)ccc([C@H](N)CC)c3F)cn2)c1.[HH].[HH].[HH]. The normalized spacial score (nSPS) is 11.9. The van der Waals surface area contributed by atoms with Crippen LogP contribution in [0.3, 0.4) is 0 Å². The first-order valence-electron chi connectivity index (χ1n) is 9.33. The first kappa shape index (κ1) is 21.6. The van der Waals surface area contributed by atoms with Crippen LogP contribution in [0.15, 0.2) is 42.9 Å². The lowest BCUT2D eigenvalue weighted by Crippen LogP contribution is -2.15. The zero-order valence-electron chi connectivity index (χ0n) is 16.4. The number of halogens is 2. The van der Waals surface area contributed by atoms with Crippen LogP contribution in [0, 0.1) is 5.82 Å². The third-order valence-corrected chi connectivity index (χ3v) is 4.84. The number of rotatable bonds is 7. The van der Waals surface area contributed by atoms with Gasteiger partial charge in [0.05, 0.1) is 29.0 Å². The average molecular weight is 437 g/mol. The number of nitrogens with zero attached hydrogens (tertiary/aromatic N) is 3. The fourth-order valence-corrected chi connectivity index (χ4v) is 3.08. The maximum atomic E-state index is 14.9. The van der Waals surface area contributed by atoms with Crippen LogP contribution < -0.4 is 5.73 Å². The number of ether oxygens (including phenoxy) is 1. The van der Waals surface area contributed by atoms with Crippen molar-refractivity contribution >= 4 is 23.4 Å². The summed E-state index contributed by atoms with van der Waals surface area (Å²) in [6, 6.07) is 5.43. The molecule has 162 valence electrons. The number of aromatic nitrogens is 3. The molecule has 7 nitrogen and oxygen atoms in total. The topological polar surface area (TPSA) is 100 Å². The summed E-state index contributed by atoms with van der Waals surface area (Å²) >= 11 is 6.10. The van der Waals surface area contributed by atoms with E-state index in [2.05, 4.69) is 10.1 Å². The largest absolute Gasteiger partial charge is 0.462 e. The maximum absolute atomic E-state index is 14.9. The molecule has 9 heteroatoms. The first-order chi connectivity index (χ1) is 14.4. The Hall–Kier alpha value is -3.10. The second-order valence-corrected chi connectivity index (χ2v) is 6.88. The molecule has 0 unspecified atom stereocenters. The van der Waals surface area contributed by atoms with E-state index < -0.39 is 23.6 Å². The number of ketones is 1. The number of esters is 1. The van der Waals surface area contributed by atoms with Gasteiger partial charge in [-0.05, 0) is 31.5 Å². The van der Waals surface area contributed by atoms with E-state index in [4.69, 9.17) is 22.1 Å². The Bertz CT molecular complexity index is 1100. The highest BCUT2D eigenvalue weighted by Crippen LogP contribution is 2.28. The summed E-state index contributed by atoms with van der Waals surface area (Å²) in [6.45, 7) is 3.79. The van der Waals surface area contributed by atoms with Gasteiger partial charge in [0.2, 0.25) is 0 Å². The van der Waals surface area contributed by atoms with Crippen molar-refractivity contribution in [3.63, 3.8) is 0 Å². The van der Waals surface area contributed by atoms with Crippen molar-refractivity contribution in [2.45, 2.75) is 26.3 Å². The van der Waals surface area contributed by atoms with Crippen LogP contribution in [0.2, 0.25) is 5.02 Å². The molecule has 0 radical (unpaired) electrons. The predicted octanol–water partition coefficient (Wildman–Crippen LogP) is 4.62. The lowest BCUT2D eigenvalue weighted by atomic mass is 9.97. The molecule has 2 heterocycles.